The second-order valence-electron chi connectivity index (χ2n) is 5.74. The first kappa shape index (κ1) is 17.1. The van der Waals surface area contributed by atoms with Crippen molar-refractivity contribution in [3.63, 3.8) is 0 Å². The zero-order valence-corrected chi connectivity index (χ0v) is 14.8. The van der Waals surface area contributed by atoms with E-state index in [1.54, 1.807) is 17.5 Å². The third-order valence-corrected chi connectivity index (χ3v) is 4.70. The molecule has 3 rings (SSSR count). The maximum Gasteiger partial charge on any atom is 0.224 e. The number of nitrogens with zero attached hydrogens (tertiary/aromatic N) is 1. The van der Waals surface area contributed by atoms with E-state index in [0.29, 0.717) is 12.8 Å². The summed E-state index contributed by atoms with van der Waals surface area (Å²) in [6.07, 6.45) is 7.72. The van der Waals surface area contributed by atoms with Gasteiger partial charge in [-0.15, -0.1) is 17.9 Å². The van der Waals surface area contributed by atoms with Gasteiger partial charge in [-0.05, 0) is 42.5 Å². The number of nitrogens with one attached hydrogen (secondary N) is 1. The molecule has 4 heteroatoms. The van der Waals surface area contributed by atoms with Gasteiger partial charge in [-0.3, -0.25) is 9.78 Å². The van der Waals surface area contributed by atoms with Crippen LogP contribution in [0.5, 0.6) is 0 Å². The molecule has 0 atom stereocenters. The van der Waals surface area contributed by atoms with E-state index < -0.39 is 0 Å². The average molecular weight is 348 g/mol. The monoisotopic (exact) mass is 348 g/mol. The minimum absolute atomic E-state index is 0.000653. The molecule has 0 aliphatic carbocycles. The second kappa shape index (κ2) is 8.40. The normalized spacial score (nSPS) is 11.4. The lowest BCUT2D eigenvalue weighted by Gasteiger charge is -2.09. The molecule has 0 spiro atoms. The minimum Gasteiger partial charge on any atom is -0.324 e. The standard InChI is InChI=1S/C21H20N2OS/c1-2-6-16(15-18-9-5-14-25-18)11-12-20(24)23-19-10-3-7-17-8-4-13-22-21(17)19/h2-5,7-10,13-15H,1,6,11-12H2,(H,23,24). The molecule has 3 aromatic rings. The first-order chi connectivity index (χ1) is 12.3. The molecule has 0 unspecified atom stereocenters. The molecule has 0 saturated carbocycles. The SMILES string of the molecule is C=CCC(=Cc1cccs1)CCC(=O)Nc1cccc2cccnc12. The summed E-state index contributed by atoms with van der Waals surface area (Å²) in [5, 5.41) is 6.06. The van der Waals surface area contributed by atoms with E-state index in [1.807, 2.05) is 42.5 Å². The molecule has 0 bridgehead atoms. The fourth-order valence-electron chi connectivity index (χ4n) is 2.69. The molecule has 0 saturated heterocycles. The van der Waals surface area contributed by atoms with Crippen LogP contribution in [0.3, 0.4) is 0 Å². The summed E-state index contributed by atoms with van der Waals surface area (Å²) in [6.45, 7) is 3.81. The summed E-state index contributed by atoms with van der Waals surface area (Å²) in [7, 11) is 0. The smallest absolute Gasteiger partial charge is 0.224 e. The summed E-state index contributed by atoms with van der Waals surface area (Å²) in [5.41, 5.74) is 2.79. The van der Waals surface area contributed by atoms with Crippen LogP contribution in [0.2, 0.25) is 0 Å². The molecular formula is C21H20N2OS. The molecule has 0 fully saturated rings. The van der Waals surface area contributed by atoms with E-state index in [9.17, 15) is 4.79 Å². The number of rotatable bonds is 7. The van der Waals surface area contributed by atoms with Crippen LogP contribution in [0.15, 0.2) is 72.3 Å². The highest BCUT2D eigenvalue weighted by molar-refractivity contribution is 7.10. The lowest BCUT2D eigenvalue weighted by Crippen LogP contribution is -2.12. The van der Waals surface area contributed by atoms with Crippen LogP contribution >= 0.6 is 11.3 Å². The van der Waals surface area contributed by atoms with E-state index in [1.165, 1.54) is 10.5 Å². The van der Waals surface area contributed by atoms with Crippen molar-refractivity contribution in [2.24, 2.45) is 0 Å². The molecule has 1 N–H and O–H groups in total. The molecular weight excluding hydrogens is 328 g/mol. The minimum atomic E-state index is -0.000653. The largest absolute Gasteiger partial charge is 0.324 e. The number of carbonyl (C=O) groups excluding carboxylic acids is 1. The Morgan fingerprint density at radius 3 is 2.84 bits per heavy atom. The quantitative estimate of drug-likeness (QED) is 0.559. The van der Waals surface area contributed by atoms with Crippen LogP contribution in [-0.4, -0.2) is 10.9 Å². The van der Waals surface area contributed by atoms with E-state index in [0.717, 1.165) is 23.0 Å². The van der Waals surface area contributed by atoms with Gasteiger partial charge in [-0.2, -0.15) is 0 Å². The Morgan fingerprint density at radius 2 is 2.04 bits per heavy atom. The van der Waals surface area contributed by atoms with Gasteiger partial charge in [0.2, 0.25) is 5.91 Å². The number of hydrogen-bond acceptors (Lipinski definition) is 3. The Bertz CT molecular complexity index is 892. The fraction of sp³-hybridized carbons (Fsp3) is 0.143. The van der Waals surface area contributed by atoms with Gasteiger partial charge in [0.05, 0.1) is 11.2 Å². The van der Waals surface area contributed by atoms with Crippen molar-refractivity contribution in [2.45, 2.75) is 19.3 Å². The Morgan fingerprint density at radius 1 is 1.16 bits per heavy atom. The second-order valence-corrected chi connectivity index (χ2v) is 6.72. The molecule has 0 radical (unpaired) electrons. The zero-order chi connectivity index (χ0) is 17.5. The lowest BCUT2D eigenvalue weighted by molar-refractivity contribution is -0.116. The third-order valence-electron chi connectivity index (χ3n) is 3.88. The van der Waals surface area contributed by atoms with Gasteiger partial charge in [0, 0.05) is 22.9 Å². The number of pyridine rings is 1. The van der Waals surface area contributed by atoms with Gasteiger partial charge >= 0.3 is 0 Å². The van der Waals surface area contributed by atoms with Crippen molar-refractivity contribution in [2.75, 3.05) is 5.32 Å². The highest BCUT2D eigenvalue weighted by Gasteiger charge is 2.08. The topological polar surface area (TPSA) is 42.0 Å². The number of para-hydroxylation sites is 1. The summed E-state index contributed by atoms with van der Waals surface area (Å²) in [4.78, 5) is 18.0. The molecule has 1 aromatic carbocycles. The van der Waals surface area contributed by atoms with Crippen LogP contribution in [0.1, 0.15) is 24.1 Å². The van der Waals surface area contributed by atoms with E-state index in [-0.39, 0.29) is 5.91 Å². The van der Waals surface area contributed by atoms with Crippen LogP contribution in [0.25, 0.3) is 17.0 Å². The molecule has 126 valence electrons. The Labute approximate surface area is 151 Å². The van der Waals surface area contributed by atoms with Crippen LogP contribution in [0.4, 0.5) is 5.69 Å². The summed E-state index contributed by atoms with van der Waals surface area (Å²) in [6, 6.07) is 13.8. The first-order valence-corrected chi connectivity index (χ1v) is 9.11. The van der Waals surface area contributed by atoms with Crippen molar-refractivity contribution in [1.82, 2.24) is 4.98 Å². The van der Waals surface area contributed by atoms with Crippen molar-refractivity contribution in [1.29, 1.82) is 0 Å². The van der Waals surface area contributed by atoms with Gasteiger partial charge in [0.1, 0.15) is 0 Å². The zero-order valence-electron chi connectivity index (χ0n) is 13.9. The molecule has 0 aliphatic heterocycles. The highest BCUT2D eigenvalue weighted by atomic mass is 32.1. The lowest BCUT2D eigenvalue weighted by atomic mass is 10.1. The van der Waals surface area contributed by atoms with E-state index >= 15 is 0 Å². The molecule has 25 heavy (non-hydrogen) atoms. The van der Waals surface area contributed by atoms with Crippen LogP contribution in [0, 0.1) is 0 Å². The van der Waals surface area contributed by atoms with Crippen molar-refractivity contribution < 1.29 is 4.79 Å². The van der Waals surface area contributed by atoms with Gasteiger partial charge < -0.3 is 5.32 Å². The Hall–Kier alpha value is -2.72. The van der Waals surface area contributed by atoms with Crippen molar-refractivity contribution in [3.8, 4) is 0 Å². The van der Waals surface area contributed by atoms with E-state index in [2.05, 4.69) is 34.4 Å². The number of hydrogen-bond donors (Lipinski definition) is 1. The van der Waals surface area contributed by atoms with E-state index in [4.69, 9.17) is 0 Å². The summed E-state index contributed by atoms with van der Waals surface area (Å²) in [5.74, 6) is -0.000653. The van der Waals surface area contributed by atoms with Gasteiger partial charge in [0.25, 0.3) is 0 Å². The predicted octanol–water partition coefficient (Wildman–Crippen LogP) is 5.67. The molecule has 0 aliphatic rings. The molecule has 2 aromatic heterocycles. The molecule has 1 amide bonds. The number of anilines is 1. The first-order valence-electron chi connectivity index (χ1n) is 8.23. The maximum atomic E-state index is 12.4. The van der Waals surface area contributed by atoms with Gasteiger partial charge in [0.15, 0.2) is 0 Å². The number of thiophene rings is 1. The predicted molar refractivity (Wildman–Crippen MR) is 107 cm³/mol. The van der Waals surface area contributed by atoms with Crippen molar-refractivity contribution >= 4 is 39.9 Å². The summed E-state index contributed by atoms with van der Waals surface area (Å²) < 4.78 is 0. The number of fused-ring (bicyclic) bond motifs is 1. The van der Waals surface area contributed by atoms with Gasteiger partial charge in [-0.1, -0.05) is 35.9 Å². The Kier molecular flexibility index (Phi) is 5.75. The number of aromatic nitrogens is 1. The molecule has 3 nitrogen and oxygen atoms in total. The number of allylic oxidation sites excluding steroid dienone is 2. The highest BCUT2D eigenvalue weighted by Crippen LogP contribution is 2.22. The summed E-state index contributed by atoms with van der Waals surface area (Å²) >= 11 is 1.70. The number of carbonyl (C=O) groups is 1. The fourth-order valence-corrected chi connectivity index (χ4v) is 3.39. The van der Waals surface area contributed by atoms with Crippen molar-refractivity contribution in [3.05, 3.63) is 77.1 Å². The van der Waals surface area contributed by atoms with Crippen LogP contribution < -0.4 is 5.32 Å². The Balaban J connectivity index is 1.66. The number of amides is 1. The third kappa shape index (κ3) is 4.64. The maximum absolute atomic E-state index is 12.4. The van der Waals surface area contributed by atoms with Gasteiger partial charge in [-0.25, -0.2) is 0 Å². The average Bonchev–Trinajstić information content (AvgIpc) is 3.13. The number of benzene rings is 1. The van der Waals surface area contributed by atoms with Crippen LogP contribution in [-0.2, 0) is 4.79 Å². The molecule has 2 heterocycles.